The van der Waals surface area contributed by atoms with Crippen LogP contribution in [-0.4, -0.2) is 63.2 Å². The van der Waals surface area contributed by atoms with E-state index in [0.717, 1.165) is 42.3 Å². The summed E-state index contributed by atoms with van der Waals surface area (Å²) in [5.41, 5.74) is 8.46. The number of amidine groups is 1. The molecule has 1 aliphatic heterocycles. The van der Waals surface area contributed by atoms with Gasteiger partial charge in [-0.15, -0.1) is 0 Å². The summed E-state index contributed by atoms with van der Waals surface area (Å²) in [5, 5.41) is 7.91. The first kappa shape index (κ1) is 32.1. The molecule has 0 aromatic heterocycles. The normalized spacial score (nSPS) is 14.5. The lowest BCUT2D eigenvalue weighted by Crippen LogP contribution is -2.38. The molecule has 0 amide bonds. The molecule has 1 heterocycles. The van der Waals surface area contributed by atoms with Gasteiger partial charge in [0.2, 0.25) is 10.0 Å². The quantitative estimate of drug-likeness (QED) is 0.154. The second kappa shape index (κ2) is 15.0. The third kappa shape index (κ3) is 9.31. The molecule has 11 heteroatoms. The largest absolute Gasteiger partial charge is 0.489 e. The number of halogens is 1. The molecule has 0 aliphatic carbocycles. The fourth-order valence-corrected chi connectivity index (χ4v) is 6.35. The molecule has 3 aromatic carbocycles. The number of ether oxygens (including phenoxy) is 2. The van der Waals surface area contributed by atoms with Crippen molar-refractivity contribution in [2.75, 3.05) is 36.3 Å². The van der Waals surface area contributed by atoms with Crippen LogP contribution in [-0.2, 0) is 26.1 Å². The van der Waals surface area contributed by atoms with Gasteiger partial charge in [-0.05, 0) is 55.2 Å². The monoisotopic (exact) mass is 624 g/mol. The molecule has 4 rings (SSSR count). The molecule has 0 bridgehead atoms. The van der Waals surface area contributed by atoms with Gasteiger partial charge in [0.05, 0.1) is 23.9 Å². The second-order valence-electron chi connectivity index (χ2n) is 10.2. The number of hydrogen-bond donors (Lipinski definition) is 2. The van der Waals surface area contributed by atoms with Gasteiger partial charge >= 0.3 is 5.97 Å². The van der Waals surface area contributed by atoms with Crippen molar-refractivity contribution in [2.45, 2.75) is 32.4 Å². The van der Waals surface area contributed by atoms with E-state index in [4.69, 9.17) is 32.2 Å². The van der Waals surface area contributed by atoms with Gasteiger partial charge in [-0.3, -0.25) is 19.4 Å². The number of nitrogens with zero attached hydrogens (tertiary/aromatic N) is 2. The Bertz CT molecular complexity index is 1540. The van der Waals surface area contributed by atoms with Crippen LogP contribution in [0.4, 0.5) is 5.69 Å². The van der Waals surface area contributed by atoms with Crippen LogP contribution in [0.3, 0.4) is 0 Å². The van der Waals surface area contributed by atoms with Crippen LogP contribution >= 0.6 is 11.6 Å². The highest BCUT2D eigenvalue weighted by Gasteiger charge is 2.27. The minimum absolute atomic E-state index is 0.00674. The molecule has 3 N–H and O–H groups in total. The zero-order valence-corrected chi connectivity index (χ0v) is 25.7. The van der Waals surface area contributed by atoms with E-state index in [1.54, 1.807) is 49.4 Å². The Morgan fingerprint density at radius 3 is 2.51 bits per heavy atom. The van der Waals surface area contributed by atoms with Crippen LogP contribution in [0, 0.1) is 5.41 Å². The molecular weight excluding hydrogens is 588 g/mol. The number of likely N-dealkylation sites (tertiary alicyclic amines) is 1. The second-order valence-corrected chi connectivity index (χ2v) is 12.5. The topological polar surface area (TPSA) is 126 Å². The summed E-state index contributed by atoms with van der Waals surface area (Å²) in [4.78, 5) is 14.5. The fourth-order valence-electron chi connectivity index (χ4n) is 4.85. The van der Waals surface area contributed by atoms with E-state index in [9.17, 15) is 13.2 Å². The number of carbonyl (C=O) groups is 1. The third-order valence-electron chi connectivity index (χ3n) is 7.00. The Kier molecular flexibility index (Phi) is 11.2. The first-order valence-corrected chi connectivity index (χ1v) is 16.1. The number of carbonyl (C=O) groups excluding carboxylic acids is 1. The van der Waals surface area contributed by atoms with Crippen molar-refractivity contribution in [1.29, 1.82) is 5.41 Å². The number of rotatable bonds is 13. The number of piperidine rings is 1. The minimum atomic E-state index is -4.11. The van der Waals surface area contributed by atoms with Crippen LogP contribution in [0.15, 0.2) is 78.9 Å². The van der Waals surface area contributed by atoms with Gasteiger partial charge in [0, 0.05) is 25.2 Å². The average molecular weight is 625 g/mol. The maximum absolute atomic E-state index is 13.3. The minimum Gasteiger partial charge on any atom is -0.489 e. The first-order valence-electron chi connectivity index (χ1n) is 14.1. The maximum atomic E-state index is 13.3. The number of nitrogens with one attached hydrogen (secondary N) is 1. The van der Waals surface area contributed by atoms with Crippen LogP contribution < -0.4 is 14.8 Å². The predicted octanol–water partition coefficient (Wildman–Crippen LogP) is 5.08. The molecule has 1 fully saturated rings. The van der Waals surface area contributed by atoms with Crippen LogP contribution in [0.25, 0.3) is 6.08 Å². The molecule has 43 heavy (non-hydrogen) atoms. The molecular formula is C32H37ClN4O5S. The number of sulfonamides is 1. The Morgan fingerprint density at radius 2 is 1.84 bits per heavy atom. The van der Waals surface area contributed by atoms with Crippen molar-refractivity contribution in [1.82, 2.24) is 4.90 Å². The summed E-state index contributed by atoms with van der Waals surface area (Å²) in [5.74, 6) is -1.24. The standard InChI is InChI=1S/C32H37ClN4O5S/c1-2-41-31(38)23-43(39,40)37(17-7-11-24-10-6-12-26(20-24)32(34)35)27-13-14-30(29(33)21-27)42-28-15-18-36(19-16-28)22-25-8-4-3-5-9-25/h3-14,20-21,28H,2,15-19,22-23H2,1H3,(H3,34,35). The maximum Gasteiger partial charge on any atom is 0.323 e. The molecule has 0 radical (unpaired) electrons. The van der Waals surface area contributed by atoms with Crippen LogP contribution in [0.2, 0.25) is 5.02 Å². The summed E-state index contributed by atoms with van der Waals surface area (Å²) < 4.78 is 38.9. The van der Waals surface area contributed by atoms with Crippen LogP contribution in [0.1, 0.15) is 36.5 Å². The van der Waals surface area contributed by atoms with E-state index in [-0.39, 0.29) is 30.1 Å². The van der Waals surface area contributed by atoms with E-state index in [1.807, 2.05) is 24.3 Å². The van der Waals surface area contributed by atoms with E-state index in [0.29, 0.717) is 17.0 Å². The smallest absolute Gasteiger partial charge is 0.323 e. The molecule has 228 valence electrons. The van der Waals surface area contributed by atoms with E-state index >= 15 is 0 Å². The first-order chi connectivity index (χ1) is 20.6. The summed E-state index contributed by atoms with van der Waals surface area (Å²) in [6, 6.07) is 22.2. The van der Waals surface area contributed by atoms with E-state index in [2.05, 4.69) is 17.0 Å². The number of anilines is 1. The molecule has 0 saturated carbocycles. The lowest BCUT2D eigenvalue weighted by molar-refractivity contribution is -0.139. The number of hydrogen-bond acceptors (Lipinski definition) is 7. The summed E-state index contributed by atoms with van der Waals surface area (Å²) >= 11 is 6.61. The lowest BCUT2D eigenvalue weighted by Gasteiger charge is -2.32. The third-order valence-corrected chi connectivity index (χ3v) is 8.93. The van der Waals surface area contributed by atoms with Crippen LogP contribution in [0.5, 0.6) is 5.75 Å². The Morgan fingerprint density at radius 1 is 1.09 bits per heavy atom. The predicted molar refractivity (Wildman–Crippen MR) is 171 cm³/mol. The van der Waals surface area contributed by atoms with Gasteiger partial charge in [0.25, 0.3) is 0 Å². The highest BCUT2D eigenvalue weighted by Crippen LogP contribution is 2.33. The molecule has 0 spiro atoms. The molecule has 1 aliphatic rings. The summed E-state index contributed by atoms with van der Waals surface area (Å²) in [6.45, 7) is 4.32. The highest BCUT2D eigenvalue weighted by atomic mass is 35.5. The Balaban J connectivity index is 1.46. The molecule has 1 saturated heterocycles. The Labute approximate surface area is 258 Å². The molecule has 3 aromatic rings. The van der Waals surface area contributed by atoms with Crippen molar-refractivity contribution in [2.24, 2.45) is 5.73 Å². The van der Waals surface area contributed by atoms with Gasteiger partial charge in [-0.1, -0.05) is 72.3 Å². The van der Waals surface area contributed by atoms with Gasteiger partial charge in [0.15, 0.2) is 5.75 Å². The van der Waals surface area contributed by atoms with Gasteiger partial charge in [-0.25, -0.2) is 8.42 Å². The number of esters is 1. The van der Waals surface area contributed by atoms with Crippen molar-refractivity contribution < 1.29 is 22.7 Å². The van der Waals surface area contributed by atoms with Gasteiger partial charge in [-0.2, -0.15) is 0 Å². The Hall–Kier alpha value is -3.86. The number of nitrogen functional groups attached to an aromatic ring is 1. The molecule has 9 nitrogen and oxygen atoms in total. The van der Waals surface area contributed by atoms with Crippen molar-refractivity contribution in [3.05, 3.63) is 101 Å². The average Bonchev–Trinajstić information content (AvgIpc) is 2.98. The SMILES string of the molecule is CCOC(=O)CS(=O)(=O)N(CC=Cc1cccc(C(=N)N)c1)c1ccc(OC2CCN(Cc3ccccc3)CC2)c(Cl)c1. The molecule has 0 unspecified atom stereocenters. The number of benzene rings is 3. The van der Waals surface area contributed by atoms with E-state index < -0.39 is 21.7 Å². The van der Waals surface area contributed by atoms with Crippen molar-refractivity contribution >= 4 is 45.2 Å². The zero-order valence-electron chi connectivity index (χ0n) is 24.1. The number of nitrogens with two attached hydrogens (primary N) is 1. The van der Waals surface area contributed by atoms with Crippen molar-refractivity contribution in [3.8, 4) is 5.75 Å². The summed E-state index contributed by atoms with van der Waals surface area (Å²) in [7, 11) is -4.11. The molecule has 0 atom stereocenters. The van der Waals surface area contributed by atoms with Crippen molar-refractivity contribution in [3.63, 3.8) is 0 Å². The summed E-state index contributed by atoms with van der Waals surface area (Å²) in [6.07, 6.45) is 5.07. The lowest BCUT2D eigenvalue weighted by atomic mass is 10.1. The van der Waals surface area contributed by atoms with E-state index in [1.165, 1.54) is 11.6 Å². The van der Waals surface area contributed by atoms with Gasteiger partial charge in [0.1, 0.15) is 17.7 Å². The van der Waals surface area contributed by atoms with Gasteiger partial charge < -0.3 is 15.2 Å². The fraction of sp³-hybridized carbons (Fsp3) is 0.312. The highest BCUT2D eigenvalue weighted by molar-refractivity contribution is 7.93. The zero-order chi connectivity index (χ0) is 30.8.